The van der Waals surface area contributed by atoms with Gasteiger partial charge in [-0.05, 0) is 24.8 Å². The summed E-state index contributed by atoms with van der Waals surface area (Å²) in [5.41, 5.74) is 0.307. The summed E-state index contributed by atoms with van der Waals surface area (Å²) in [4.78, 5) is 4.43. The quantitative estimate of drug-likeness (QED) is 0.790. The third kappa shape index (κ3) is 3.84. The number of nitrogens with zero attached hydrogens (tertiary/aromatic N) is 2. The molecular weight excluding hydrogens is 210 g/mol. The van der Waals surface area contributed by atoms with Crippen LogP contribution < -0.4 is 5.32 Å². The van der Waals surface area contributed by atoms with E-state index < -0.39 is 0 Å². The van der Waals surface area contributed by atoms with Crippen molar-refractivity contribution in [1.82, 2.24) is 14.9 Å². The van der Waals surface area contributed by atoms with Gasteiger partial charge in [0, 0.05) is 31.9 Å². The van der Waals surface area contributed by atoms with Crippen molar-refractivity contribution in [2.75, 3.05) is 6.54 Å². The van der Waals surface area contributed by atoms with Gasteiger partial charge in [-0.3, -0.25) is 0 Å². The standard InChI is InChI=1S/C14H27N3/c1-6-8-15-12(14(3,4)7-2)11-13-16-9-10-17(13)5/h9-10,12,15H,6-8,11H2,1-5H3. The lowest BCUT2D eigenvalue weighted by atomic mass is 9.80. The van der Waals surface area contributed by atoms with Crippen LogP contribution in [0.2, 0.25) is 0 Å². The lowest BCUT2D eigenvalue weighted by Crippen LogP contribution is -2.44. The van der Waals surface area contributed by atoms with Gasteiger partial charge < -0.3 is 9.88 Å². The molecule has 0 radical (unpaired) electrons. The molecule has 17 heavy (non-hydrogen) atoms. The summed E-state index contributed by atoms with van der Waals surface area (Å²) in [6, 6.07) is 0.494. The van der Waals surface area contributed by atoms with Crippen molar-refractivity contribution < 1.29 is 0 Å². The second-order valence-electron chi connectivity index (χ2n) is 5.51. The average molecular weight is 237 g/mol. The lowest BCUT2D eigenvalue weighted by molar-refractivity contribution is 0.227. The molecular formula is C14H27N3. The van der Waals surface area contributed by atoms with Crippen LogP contribution in [0.25, 0.3) is 0 Å². The van der Waals surface area contributed by atoms with Gasteiger partial charge in [-0.2, -0.15) is 0 Å². The molecule has 0 spiro atoms. The Morgan fingerprint density at radius 2 is 2.12 bits per heavy atom. The first-order valence-electron chi connectivity index (χ1n) is 6.70. The van der Waals surface area contributed by atoms with Crippen LogP contribution in [-0.2, 0) is 13.5 Å². The van der Waals surface area contributed by atoms with Gasteiger partial charge in [0.15, 0.2) is 0 Å². The van der Waals surface area contributed by atoms with Crippen molar-refractivity contribution in [1.29, 1.82) is 0 Å². The van der Waals surface area contributed by atoms with E-state index in [4.69, 9.17) is 0 Å². The van der Waals surface area contributed by atoms with Crippen molar-refractivity contribution in [3.8, 4) is 0 Å². The van der Waals surface area contributed by atoms with E-state index in [2.05, 4.69) is 49.6 Å². The number of aryl methyl sites for hydroxylation is 1. The van der Waals surface area contributed by atoms with E-state index in [1.54, 1.807) is 0 Å². The predicted molar refractivity (Wildman–Crippen MR) is 73.1 cm³/mol. The first-order valence-corrected chi connectivity index (χ1v) is 6.70. The molecule has 0 aromatic carbocycles. The molecule has 0 saturated heterocycles. The van der Waals surface area contributed by atoms with E-state index in [-0.39, 0.29) is 0 Å². The van der Waals surface area contributed by atoms with Crippen molar-refractivity contribution in [2.45, 2.75) is 53.0 Å². The summed E-state index contributed by atoms with van der Waals surface area (Å²) in [5, 5.41) is 3.67. The summed E-state index contributed by atoms with van der Waals surface area (Å²) >= 11 is 0. The molecule has 0 aliphatic carbocycles. The zero-order chi connectivity index (χ0) is 12.9. The zero-order valence-electron chi connectivity index (χ0n) is 12.0. The van der Waals surface area contributed by atoms with Crippen LogP contribution in [0.15, 0.2) is 12.4 Å². The van der Waals surface area contributed by atoms with Crippen LogP contribution in [0, 0.1) is 5.41 Å². The van der Waals surface area contributed by atoms with Crippen LogP contribution in [0.1, 0.15) is 46.4 Å². The Hall–Kier alpha value is -0.830. The van der Waals surface area contributed by atoms with E-state index in [9.17, 15) is 0 Å². The fourth-order valence-corrected chi connectivity index (χ4v) is 1.97. The topological polar surface area (TPSA) is 29.9 Å². The van der Waals surface area contributed by atoms with Crippen molar-refractivity contribution >= 4 is 0 Å². The molecule has 1 rings (SSSR count). The highest BCUT2D eigenvalue weighted by molar-refractivity contribution is 4.98. The number of aromatic nitrogens is 2. The molecule has 0 aliphatic heterocycles. The summed E-state index contributed by atoms with van der Waals surface area (Å²) in [6.45, 7) is 10.2. The molecule has 0 saturated carbocycles. The van der Waals surface area contributed by atoms with E-state index in [1.165, 1.54) is 18.7 Å². The van der Waals surface area contributed by atoms with Gasteiger partial charge >= 0.3 is 0 Å². The van der Waals surface area contributed by atoms with E-state index in [1.807, 2.05) is 12.4 Å². The van der Waals surface area contributed by atoms with Gasteiger partial charge in [-0.25, -0.2) is 4.98 Å². The van der Waals surface area contributed by atoms with Gasteiger partial charge in [0.1, 0.15) is 5.82 Å². The van der Waals surface area contributed by atoms with Crippen LogP contribution in [-0.4, -0.2) is 22.1 Å². The first kappa shape index (κ1) is 14.2. The Morgan fingerprint density at radius 1 is 1.41 bits per heavy atom. The van der Waals surface area contributed by atoms with Crippen LogP contribution in [0.3, 0.4) is 0 Å². The Morgan fingerprint density at radius 3 is 2.59 bits per heavy atom. The van der Waals surface area contributed by atoms with Crippen LogP contribution >= 0.6 is 0 Å². The fourth-order valence-electron chi connectivity index (χ4n) is 1.97. The molecule has 1 atom stereocenters. The molecule has 0 amide bonds. The number of nitrogens with one attached hydrogen (secondary N) is 1. The summed E-state index contributed by atoms with van der Waals surface area (Å²) in [5.74, 6) is 1.17. The number of hydrogen-bond donors (Lipinski definition) is 1. The number of rotatable bonds is 7. The van der Waals surface area contributed by atoms with E-state index in [0.29, 0.717) is 11.5 Å². The van der Waals surface area contributed by atoms with Crippen molar-refractivity contribution in [3.63, 3.8) is 0 Å². The average Bonchev–Trinajstić information content (AvgIpc) is 2.70. The Labute approximate surface area is 106 Å². The van der Waals surface area contributed by atoms with Crippen molar-refractivity contribution in [2.24, 2.45) is 12.5 Å². The highest BCUT2D eigenvalue weighted by Crippen LogP contribution is 2.27. The minimum Gasteiger partial charge on any atom is -0.338 e. The van der Waals surface area contributed by atoms with Gasteiger partial charge in [0.25, 0.3) is 0 Å². The van der Waals surface area contributed by atoms with Gasteiger partial charge in [0.05, 0.1) is 0 Å². The second-order valence-corrected chi connectivity index (χ2v) is 5.51. The number of imidazole rings is 1. The molecule has 98 valence electrons. The normalized spacial score (nSPS) is 13.9. The van der Waals surface area contributed by atoms with Crippen LogP contribution in [0.5, 0.6) is 0 Å². The molecule has 1 heterocycles. The number of hydrogen-bond acceptors (Lipinski definition) is 2. The molecule has 0 fully saturated rings. The molecule has 0 aliphatic rings. The third-order valence-electron chi connectivity index (χ3n) is 3.80. The Bertz CT molecular complexity index is 328. The maximum absolute atomic E-state index is 4.43. The highest BCUT2D eigenvalue weighted by atomic mass is 15.0. The monoisotopic (exact) mass is 237 g/mol. The van der Waals surface area contributed by atoms with Gasteiger partial charge in [-0.15, -0.1) is 0 Å². The maximum atomic E-state index is 4.43. The largest absolute Gasteiger partial charge is 0.338 e. The molecule has 1 unspecified atom stereocenters. The second kappa shape index (κ2) is 6.20. The zero-order valence-corrected chi connectivity index (χ0v) is 12.0. The van der Waals surface area contributed by atoms with E-state index >= 15 is 0 Å². The third-order valence-corrected chi connectivity index (χ3v) is 3.80. The van der Waals surface area contributed by atoms with Crippen LogP contribution in [0.4, 0.5) is 0 Å². The van der Waals surface area contributed by atoms with E-state index in [0.717, 1.165) is 13.0 Å². The molecule has 1 aromatic rings. The first-order chi connectivity index (χ1) is 8.01. The highest BCUT2D eigenvalue weighted by Gasteiger charge is 2.28. The molecule has 3 heteroatoms. The SMILES string of the molecule is CCCNC(Cc1nccn1C)C(C)(C)CC. The minimum absolute atomic E-state index is 0.307. The predicted octanol–water partition coefficient (Wildman–Crippen LogP) is 2.77. The minimum atomic E-state index is 0.307. The Balaban J connectivity index is 2.73. The Kier molecular flexibility index (Phi) is 5.19. The smallest absolute Gasteiger partial charge is 0.109 e. The van der Waals surface area contributed by atoms with Crippen molar-refractivity contribution in [3.05, 3.63) is 18.2 Å². The fraction of sp³-hybridized carbons (Fsp3) is 0.786. The summed E-state index contributed by atoms with van der Waals surface area (Å²) in [6.07, 6.45) is 7.26. The lowest BCUT2D eigenvalue weighted by Gasteiger charge is -2.34. The molecule has 1 N–H and O–H groups in total. The maximum Gasteiger partial charge on any atom is 0.109 e. The summed E-state index contributed by atoms with van der Waals surface area (Å²) in [7, 11) is 2.07. The van der Waals surface area contributed by atoms with Gasteiger partial charge in [0.2, 0.25) is 0 Å². The van der Waals surface area contributed by atoms with Gasteiger partial charge in [-0.1, -0.05) is 27.7 Å². The summed E-state index contributed by atoms with van der Waals surface area (Å²) < 4.78 is 2.12. The molecule has 0 bridgehead atoms. The molecule has 3 nitrogen and oxygen atoms in total. The molecule has 1 aromatic heterocycles.